The van der Waals surface area contributed by atoms with E-state index in [1.54, 1.807) is 0 Å². The van der Waals surface area contributed by atoms with Gasteiger partial charge in [0.05, 0.1) is 13.2 Å². The van der Waals surface area contributed by atoms with Gasteiger partial charge in [-0.25, -0.2) is 0 Å². The molecule has 0 saturated carbocycles. The molecule has 0 radical (unpaired) electrons. The van der Waals surface area contributed by atoms with Gasteiger partial charge in [0.25, 0.3) is 0 Å². The van der Waals surface area contributed by atoms with E-state index in [0.29, 0.717) is 6.61 Å². The molecule has 1 saturated heterocycles. The standard InChI is InChI=1S/C12H24O6/c1-12(2,3)4-5-17-11-10(16)9(15)8(14)7(6-13)18-11/h7-11,13-16H,4-6H2,1-3H3/t7-,8-,9+,10+,11-/m1/s1. The summed E-state index contributed by atoms with van der Waals surface area (Å²) in [6.45, 7) is 6.10. The van der Waals surface area contributed by atoms with Gasteiger partial charge in [-0.3, -0.25) is 0 Å². The van der Waals surface area contributed by atoms with Gasteiger partial charge < -0.3 is 29.9 Å². The molecule has 6 nitrogen and oxygen atoms in total. The molecule has 1 aliphatic heterocycles. The summed E-state index contributed by atoms with van der Waals surface area (Å²) >= 11 is 0. The van der Waals surface area contributed by atoms with E-state index in [1.807, 2.05) is 0 Å². The second-order valence-corrected chi connectivity index (χ2v) is 5.88. The van der Waals surface area contributed by atoms with Crippen molar-refractivity contribution in [3.05, 3.63) is 0 Å². The Hall–Kier alpha value is -0.240. The number of rotatable bonds is 4. The number of ether oxygens (including phenoxy) is 2. The van der Waals surface area contributed by atoms with Gasteiger partial charge in [-0.1, -0.05) is 20.8 Å². The SMILES string of the molecule is CC(C)(C)CCO[C@@H]1O[C@H](CO)[C@@H](O)[C@H](O)[C@@H]1O. The van der Waals surface area contributed by atoms with Gasteiger partial charge in [0.1, 0.15) is 24.4 Å². The number of aliphatic hydroxyl groups is 4. The smallest absolute Gasteiger partial charge is 0.186 e. The minimum absolute atomic E-state index is 0.0914. The zero-order chi connectivity index (χ0) is 13.9. The molecule has 4 N–H and O–H groups in total. The first-order valence-electron chi connectivity index (χ1n) is 6.18. The van der Waals surface area contributed by atoms with E-state index in [1.165, 1.54) is 0 Å². The molecule has 0 aromatic carbocycles. The summed E-state index contributed by atoms with van der Waals surface area (Å²) in [6, 6.07) is 0. The molecule has 1 fully saturated rings. The zero-order valence-corrected chi connectivity index (χ0v) is 11.1. The Balaban J connectivity index is 2.49. The number of hydrogen-bond acceptors (Lipinski definition) is 6. The van der Waals surface area contributed by atoms with Crippen LogP contribution in [0.15, 0.2) is 0 Å². The van der Waals surface area contributed by atoms with Crippen LogP contribution in [0.5, 0.6) is 0 Å². The molecule has 18 heavy (non-hydrogen) atoms. The van der Waals surface area contributed by atoms with E-state index < -0.39 is 37.3 Å². The quantitative estimate of drug-likeness (QED) is 0.532. The van der Waals surface area contributed by atoms with Crippen LogP contribution in [-0.2, 0) is 9.47 Å². The maximum atomic E-state index is 9.71. The topological polar surface area (TPSA) is 99.4 Å². The molecule has 5 atom stereocenters. The van der Waals surface area contributed by atoms with Crippen LogP contribution < -0.4 is 0 Å². The fourth-order valence-corrected chi connectivity index (χ4v) is 1.69. The summed E-state index contributed by atoms with van der Waals surface area (Å²) < 4.78 is 10.6. The number of hydrogen-bond donors (Lipinski definition) is 4. The lowest BCUT2D eigenvalue weighted by Crippen LogP contribution is -2.59. The molecule has 0 aliphatic carbocycles. The van der Waals surface area contributed by atoms with Gasteiger partial charge in [-0.05, 0) is 11.8 Å². The summed E-state index contributed by atoms with van der Waals surface area (Å²) in [5, 5.41) is 37.8. The van der Waals surface area contributed by atoms with E-state index in [2.05, 4.69) is 20.8 Å². The van der Waals surface area contributed by atoms with Crippen molar-refractivity contribution >= 4 is 0 Å². The molecule has 1 aliphatic rings. The molecule has 6 heteroatoms. The maximum absolute atomic E-state index is 9.71. The van der Waals surface area contributed by atoms with Crippen molar-refractivity contribution in [2.24, 2.45) is 5.41 Å². The molecule has 0 bridgehead atoms. The average Bonchev–Trinajstić information content (AvgIpc) is 2.27. The van der Waals surface area contributed by atoms with Crippen molar-refractivity contribution in [3.8, 4) is 0 Å². The Kier molecular flexibility index (Phi) is 5.51. The number of aliphatic hydroxyl groups excluding tert-OH is 4. The zero-order valence-electron chi connectivity index (χ0n) is 11.1. The third-order valence-electron chi connectivity index (χ3n) is 2.98. The fourth-order valence-electron chi connectivity index (χ4n) is 1.69. The van der Waals surface area contributed by atoms with Gasteiger partial charge in [-0.2, -0.15) is 0 Å². The first-order chi connectivity index (χ1) is 8.26. The molecule has 1 rings (SSSR count). The molecular weight excluding hydrogens is 240 g/mol. The first-order valence-corrected chi connectivity index (χ1v) is 6.18. The predicted octanol–water partition coefficient (Wildman–Crippen LogP) is -0.761. The lowest BCUT2D eigenvalue weighted by atomic mass is 9.93. The molecule has 108 valence electrons. The third-order valence-corrected chi connectivity index (χ3v) is 2.98. The van der Waals surface area contributed by atoms with Gasteiger partial charge in [-0.15, -0.1) is 0 Å². The highest BCUT2D eigenvalue weighted by molar-refractivity contribution is 4.88. The highest BCUT2D eigenvalue weighted by Crippen LogP contribution is 2.24. The van der Waals surface area contributed by atoms with Gasteiger partial charge >= 0.3 is 0 Å². The summed E-state index contributed by atoms with van der Waals surface area (Å²) in [4.78, 5) is 0. The fraction of sp³-hybridized carbons (Fsp3) is 1.00. The van der Waals surface area contributed by atoms with Crippen LogP contribution in [0.3, 0.4) is 0 Å². The van der Waals surface area contributed by atoms with Crippen LogP contribution in [0.1, 0.15) is 27.2 Å². The molecule has 0 spiro atoms. The van der Waals surface area contributed by atoms with Crippen molar-refractivity contribution in [2.45, 2.75) is 57.9 Å². The van der Waals surface area contributed by atoms with E-state index in [0.717, 1.165) is 6.42 Å². The minimum Gasteiger partial charge on any atom is -0.394 e. The summed E-state index contributed by atoms with van der Waals surface area (Å²) in [5.74, 6) is 0. The van der Waals surface area contributed by atoms with Crippen LogP contribution in [0.25, 0.3) is 0 Å². The van der Waals surface area contributed by atoms with Crippen LogP contribution in [0, 0.1) is 5.41 Å². The average molecular weight is 264 g/mol. The monoisotopic (exact) mass is 264 g/mol. The lowest BCUT2D eigenvalue weighted by Gasteiger charge is -2.39. The molecule has 0 unspecified atom stereocenters. The van der Waals surface area contributed by atoms with E-state index in [4.69, 9.17) is 14.6 Å². The normalized spacial score (nSPS) is 37.8. The third kappa shape index (κ3) is 4.15. The molecule has 0 aromatic heterocycles. The van der Waals surface area contributed by atoms with Crippen LogP contribution >= 0.6 is 0 Å². The minimum atomic E-state index is -1.38. The lowest BCUT2D eigenvalue weighted by molar-refractivity contribution is -0.301. The molecule has 0 amide bonds. The van der Waals surface area contributed by atoms with Gasteiger partial charge in [0.15, 0.2) is 6.29 Å². The first kappa shape index (κ1) is 15.8. The summed E-state index contributed by atoms with van der Waals surface area (Å²) in [5.41, 5.74) is 0.0914. The molecule has 1 heterocycles. The molecular formula is C12H24O6. The van der Waals surface area contributed by atoms with Crippen LogP contribution in [0.2, 0.25) is 0 Å². The van der Waals surface area contributed by atoms with Gasteiger partial charge in [0, 0.05) is 0 Å². The summed E-state index contributed by atoms with van der Waals surface area (Å²) in [7, 11) is 0. The Bertz CT molecular complexity index is 249. The highest BCUT2D eigenvalue weighted by Gasteiger charge is 2.43. The largest absolute Gasteiger partial charge is 0.394 e. The Labute approximate surface area is 107 Å². The predicted molar refractivity (Wildman–Crippen MR) is 63.8 cm³/mol. The van der Waals surface area contributed by atoms with E-state index in [9.17, 15) is 15.3 Å². The second kappa shape index (κ2) is 6.27. The van der Waals surface area contributed by atoms with Gasteiger partial charge in [0.2, 0.25) is 0 Å². The molecule has 0 aromatic rings. The second-order valence-electron chi connectivity index (χ2n) is 5.88. The highest BCUT2D eigenvalue weighted by atomic mass is 16.7. The Morgan fingerprint density at radius 3 is 2.17 bits per heavy atom. The van der Waals surface area contributed by atoms with Crippen molar-refractivity contribution in [1.29, 1.82) is 0 Å². The maximum Gasteiger partial charge on any atom is 0.186 e. The van der Waals surface area contributed by atoms with Crippen molar-refractivity contribution in [1.82, 2.24) is 0 Å². The Morgan fingerprint density at radius 2 is 1.67 bits per heavy atom. The Morgan fingerprint density at radius 1 is 1.06 bits per heavy atom. The van der Waals surface area contributed by atoms with E-state index >= 15 is 0 Å². The summed E-state index contributed by atoms with van der Waals surface area (Å²) in [6.07, 6.45) is -5.21. The van der Waals surface area contributed by atoms with E-state index in [-0.39, 0.29) is 5.41 Å². The van der Waals surface area contributed by atoms with Crippen LogP contribution in [0.4, 0.5) is 0 Å². The van der Waals surface area contributed by atoms with Crippen molar-refractivity contribution in [3.63, 3.8) is 0 Å². The van der Waals surface area contributed by atoms with Crippen molar-refractivity contribution in [2.75, 3.05) is 13.2 Å². The van der Waals surface area contributed by atoms with Crippen molar-refractivity contribution < 1.29 is 29.9 Å². The van der Waals surface area contributed by atoms with Crippen LogP contribution in [-0.4, -0.2) is 64.3 Å².